The Balaban J connectivity index is 2.22. The van der Waals surface area contributed by atoms with Crippen molar-refractivity contribution in [1.29, 1.82) is 0 Å². The first kappa shape index (κ1) is 94.5. The number of H-pyrrole nitrogens is 1. The summed E-state index contributed by atoms with van der Waals surface area (Å²) >= 11 is 8.18. The van der Waals surface area contributed by atoms with Crippen LogP contribution in [0.1, 0.15) is 117 Å². The highest BCUT2D eigenvalue weighted by molar-refractivity contribution is 7.80. The van der Waals surface area contributed by atoms with Crippen LogP contribution in [-0.2, 0) is 102 Å². The van der Waals surface area contributed by atoms with Gasteiger partial charge in [-0.3, -0.25) is 95.9 Å². The number of rotatable bonds is 50. The monoisotopic (exact) mass is 1580 g/mol. The molecule has 1 fully saturated rings. The lowest BCUT2D eigenvalue weighted by molar-refractivity contribution is -0.142. The maximum absolute atomic E-state index is 14.0. The normalized spacial score (nSPS) is 15.6. The second-order valence-electron chi connectivity index (χ2n) is 26.1. The molecule has 608 valence electrons. The number of hydrogen-bond donors (Lipinski definition) is 25. The third-order valence-electron chi connectivity index (χ3n) is 16.2. The van der Waals surface area contributed by atoms with Gasteiger partial charge in [0.1, 0.15) is 66.5 Å². The van der Waals surface area contributed by atoms with Crippen LogP contribution in [0, 0.1) is 17.8 Å². The predicted octanol–water partition coefficient (Wildman–Crippen LogP) is -11.0. The number of aliphatic carboxylic acids is 2. The highest BCUT2D eigenvalue weighted by Crippen LogP contribution is 2.27. The fourth-order valence-electron chi connectivity index (χ4n) is 10.6. The number of aromatic nitrogens is 2. The van der Waals surface area contributed by atoms with Crippen molar-refractivity contribution in [2.24, 2.45) is 40.7 Å². The van der Waals surface area contributed by atoms with E-state index in [2.05, 4.69) is 99.0 Å². The highest BCUT2D eigenvalue weighted by Gasteiger charge is 2.39. The molecule has 0 unspecified atom stereocenters. The lowest BCUT2D eigenvalue weighted by Gasteiger charge is -2.30. The summed E-state index contributed by atoms with van der Waals surface area (Å²) in [6, 6.07) is -20.9. The first-order valence-electron chi connectivity index (χ1n) is 34.3. The average Bonchev–Trinajstić information content (AvgIpc) is 1.64. The molecule has 1 heterocycles. The van der Waals surface area contributed by atoms with Crippen LogP contribution in [0.5, 0.6) is 0 Å². The van der Waals surface area contributed by atoms with E-state index in [0.717, 1.165) is 26.2 Å². The second-order valence-corrected chi connectivity index (χ2v) is 26.9. The Morgan fingerprint density at radius 2 is 0.899 bits per heavy atom. The van der Waals surface area contributed by atoms with Gasteiger partial charge in [-0.1, -0.05) is 47.0 Å². The number of nitrogens with two attached hydrogens (primary N) is 4. The van der Waals surface area contributed by atoms with Gasteiger partial charge in [0, 0.05) is 42.2 Å². The van der Waals surface area contributed by atoms with E-state index >= 15 is 0 Å². The number of carbonyl (C=O) groups excluding carboxylic acids is 18. The number of hydrogen-bond acceptors (Lipinski definition) is 26. The number of carboxylic acids is 2. The Kier molecular flexibility index (Phi) is 41.5. The number of aliphatic hydroxyl groups excluding tert-OH is 2. The summed E-state index contributed by atoms with van der Waals surface area (Å²) in [5.74, 6) is -25.8. The van der Waals surface area contributed by atoms with Crippen molar-refractivity contribution in [3.05, 3.63) is 18.2 Å². The fraction of sp³-hybridized carbons (Fsp3) is 0.635. The molecule has 0 spiro atoms. The fourth-order valence-corrected chi connectivity index (χ4v) is 11.1. The Morgan fingerprint density at radius 3 is 1.36 bits per heavy atom. The molecule has 0 radical (unpaired) electrons. The number of thiol groups is 2. The van der Waals surface area contributed by atoms with Crippen molar-refractivity contribution in [3.63, 3.8) is 0 Å². The van der Waals surface area contributed by atoms with Crippen molar-refractivity contribution in [1.82, 2.24) is 84.4 Å². The van der Waals surface area contributed by atoms with Crippen LogP contribution in [0.2, 0.25) is 0 Å². The zero-order chi connectivity index (χ0) is 82.5. The number of imidazole rings is 1. The minimum absolute atomic E-state index is 0.138. The van der Waals surface area contributed by atoms with Crippen LogP contribution < -0.4 is 97.4 Å². The number of aromatic amines is 1. The van der Waals surface area contributed by atoms with Crippen molar-refractivity contribution in [2.45, 2.75) is 197 Å². The number of amides is 17. The summed E-state index contributed by atoms with van der Waals surface area (Å²) in [4.78, 5) is 269. The molecular weight excluding hydrogens is 1480 g/mol. The summed E-state index contributed by atoms with van der Waals surface area (Å²) in [7, 11) is 0. The minimum atomic E-state index is -2.18. The first-order valence-corrected chi connectivity index (χ1v) is 35.6. The molecule has 0 aromatic carbocycles. The number of Topliss-reactive ketones (excluding diaryl/α,β-unsaturated/α-hetero) is 1. The molecule has 109 heavy (non-hydrogen) atoms. The van der Waals surface area contributed by atoms with E-state index in [-0.39, 0.29) is 30.5 Å². The Hall–Kier alpha value is -10.6. The Labute approximate surface area is 635 Å². The van der Waals surface area contributed by atoms with Gasteiger partial charge in [0.2, 0.25) is 100 Å². The molecule has 1 aromatic rings. The van der Waals surface area contributed by atoms with Gasteiger partial charge in [-0.25, -0.2) is 4.98 Å². The number of ketones is 1. The SMILES string of the molecule is CC(C)C[C@H](NC(=O)[C@H](CS)NC(=O)[C@H](CCC(=O)O)NC(=O)[C@H](CC(N)=O)NC(=O)[C@@H](NC(=O)CN)[C@@H](C)O)C(=O)N[C@@H](CC(=O)O)C(=O)N[C@@H](CC(N)=O)C(=O)N[C@@H](CC(N)=O)C(=O)NCC(=O)NCC(=O)N[C@@H](CS)C(=O)N[C@@H](CO)C(=O)N[C@@H](Cc1cnc[nH]1)C(=O)N[C@H](C(=O)C1CCCCC1)C(C)C. The van der Waals surface area contributed by atoms with Gasteiger partial charge in [0.05, 0.1) is 70.4 Å². The van der Waals surface area contributed by atoms with E-state index in [4.69, 9.17) is 22.9 Å². The van der Waals surface area contributed by atoms with Crippen LogP contribution >= 0.6 is 25.3 Å². The second kappa shape index (κ2) is 47.9. The Bertz CT molecular complexity index is 3420. The van der Waals surface area contributed by atoms with Crippen molar-refractivity contribution in [2.75, 3.05) is 37.7 Å². The molecule has 0 bridgehead atoms. The van der Waals surface area contributed by atoms with E-state index in [1.54, 1.807) is 27.7 Å². The van der Waals surface area contributed by atoms with Crippen LogP contribution in [0.15, 0.2) is 12.5 Å². The van der Waals surface area contributed by atoms with E-state index in [9.17, 15) is 116 Å². The van der Waals surface area contributed by atoms with E-state index in [1.165, 1.54) is 12.5 Å². The zero-order valence-electron chi connectivity index (χ0n) is 60.4. The van der Waals surface area contributed by atoms with E-state index in [1.807, 2.05) is 10.6 Å². The topological polar surface area (TPSA) is 724 Å². The lowest BCUT2D eigenvalue weighted by atomic mass is 9.81. The lowest BCUT2D eigenvalue weighted by Crippen LogP contribution is -2.61. The maximum atomic E-state index is 14.0. The van der Waals surface area contributed by atoms with Gasteiger partial charge >= 0.3 is 11.9 Å². The van der Waals surface area contributed by atoms with Gasteiger partial charge in [-0.15, -0.1) is 0 Å². The van der Waals surface area contributed by atoms with Crippen molar-refractivity contribution < 1.29 is 116 Å². The quantitative estimate of drug-likeness (QED) is 0.0269. The molecule has 44 nitrogen and oxygen atoms in total. The standard InChI is InChI=1S/C63H100N20O24S2/c1-27(2)13-33(74-62(106)41(25-109)81-54(98)32(11-12-48(92)93)73-56(100)37(17-44(67)88)79-63(107)51(29(5)85)82-45(89)19-64)55(99)78-38(18-49(94)95)58(102)77-36(16-43(66)87)57(101)76-35(15-42(65)86)53(97)70-21-46(90)69-22-47(91)72-40(24-108)61(105)80-39(23-84)60(104)75-34(14-31-20-68-26-71-31)59(103)83-50(28(3)4)52(96)30-9-7-6-8-10-30/h20,26-30,32-41,50-51,84-85,108-109H,6-19,21-25,64H2,1-5H3,(H2,65,86)(H2,66,87)(H2,67,88)(H,68,71)(H,69,90)(H,70,97)(H,72,91)(H,73,100)(H,74,106)(H,75,104)(H,76,101)(H,77,102)(H,78,99)(H,79,107)(H,80,105)(H,81,98)(H,82,89)(H,83,103)(H,92,93)(H,94,95)/t29-,32+,33+,34+,35+,36+,37+,38+,39+,40+,41+,50+,51+/m1/s1. The third-order valence-corrected chi connectivity index (χ3v) is 17.0. The van der Waals surface area contributed by atoms with Crippen LogP contribution in [0.4, 0.5) is 0 Å². The summed E-state index contributed by atoms with van der Waals surface area (Å²) in [5.41, 5.74) is 21.7. The summed E-state index contributed by atoms with van der Waals surface area (Å²) in [6.45, 7) is 4.20. The van der Waals surface area contributed by atoms with Gasteiger partial charge < -0.3 is 123 Å². The highest BCUT2D eigenvalue weighted by atomic mass is 32.1. The van der Waals surface area contributed by atoms with Gasteiger partial charge in [0.15, 0.2) is 5.78 Å². The largest absolute Gasteiger partial charge is 0.481 e. The third kappa shape index (κ3) is 34.9. The van der Waals surface area contributed by atoms with Crippen molar-refractivity contribution in [3.8, 4) is 0 Å². The van der Waals surface area contributed by atoms with Crippen LogP contribution in [-0.4, -0.2) is 265 Å². The van der Waals surface area contributed by atoms with E-state index in [0.29, 0.717) is 18.5 Å². The molecule has 1 aliphatic rings. The van der Waals surface area contributed by atoms with Gasteiger partial charge in [-0.05, 0) is 44.4 Å². The number of aliphatic hydroxyl groups is 2. The summed E-state index contributed by atoms with van der Waals surface area (Å²) < 4.78 is 0. The minimum Gasteiger partial charge on any atom is -0.481 e. The first-order chi connectivity index (χ1) is 51.1. The summed E-state index contributed by atoms with van der Waals surface area (Å²) in [5, 5.41) is 70.7. The smallest absolute Gasteiger partial charge is 0.305 e. The van der Waals surface area contributed by atoms with Crippen LogP contribution in [0.3, 0.4) is 0 Å². The molecular formula is C63H100N20O24S2. The molecule has 2 rings (SSSR count). The molecule has 0 aliphatic heterocycles. The zero-order valence-corrected chi connectivity index (χ0v) is 62.2. The van der Waals surface area contributed by atoms with E-state index < -0.39 is 273 Å². The van der Waals surface area contributed by atoms with Gasteiger partial charge in [-0.2, -0.15) is 25.3 Å². The van der Waals surface area contributed by atoms with Crippen LogP contribution in [0.25, 0.3) is 0 Å². The Morgan fingerprint density at radius 1 is 0.477 bits per heavy atom. The molecule has 0 saturated heterocycles. The predicted molar refractivity (Wildman–Crippen MR) is 383 cm³/mol. The summed E-state index contributed by atoms with van der Waals surface area (Å²) in [6.07, 6.45) is -1.14. The number of carboxylic acid groups (broad SMARTS) is 2. The number of nitrogens with one attached hydrogen (secondary N) is 15. The molecule has 13 atom stereocenters. The van der Waals surface area contributed by atoms with Crippen molar-refractivity contribution >= 4 is 143 Å². The molecule has 27 N–H and O–H groups in total. The molecule has 17 amide bonds. The maximum Gasteiger partial charge on any atom is 0.305 e. The number of carbonyl (C=O) groups is 20. The van der Waals surface area contributed by atoms with Gasteiger partial charge in [0.25, 0.3) is 0 Å². The average molecular weight is 1590 g/mol. The molecule has 1 saturated carbocycles. The molecule has 46 heteroatoms. The number of nitrogens with zero attached hydrogens (tertiary/aromatic N) is 1. The molecule has 1 aliphatic carbocycles. The molecule has 1 aromatic heterocycles. The number of primary amides is 3.